The summed E-state index contributed by atoms with van der Waals surface area (Å²) in [5.74, 6) is -5.27. The van der Waals surface area contributed by atoms with Crippen LogP contribution in [0.1, 0.15) is 156 Å². The summed E-state index contributed by atoms with van der Waals surface area (Å²) in [5, 5.41) is 18.0. The van der Waals surface area contributed by atoms with Crippen LogP contribution in [0.25, 0.3) is 0 Å². The number of rotatable bonds is 14. The van der Waals surface area contributed by atoms with E-state index >= 15 is 0 Å². The number of hydrogen-bond donors (Lipinski definition) is 3. The molecule has 468 valence electrons. The number of anilines is 1. The van der Waals surface area contributed by atoms with Crippen molar-refractivity contribution in [1.82, 2.24) is 34.7 Å². The van der Waals surface area contributed by atoms with Crippen LogP contribution in [0.2, 0.25) is 25.1 Å². The summed E-state index contributed by atoms with van der Waals surface area (Å²) in [6.07, 6.45) is 6.77. The summed E-state index contributed by atoms with van der Waals surface area (Å²) in [7, 11) is 6.51. The molecule has 0 aromatic carbocycles. The van der Waals surface area contributed by atoms with E-state index in [9.17, 15) is 43.2 Å². The highest BCUT2D eigenvalue weighted by Crippen LogP contribution is 2.22. The average molecular weight is 1300 g/mol. The Morgan fingerprint density at radius 3 is 1.00 bits per heavy atom. The molecule has 4 N–H and O–H groups in total. The molecule has 0 spiro atoms. The minimum atomic E-state index is -1.20. The fourth-order valence-corrected chi connectivity index (χ4v) is 7.26. The average Bonchev–Trinajstić information content (AvgIpc) is 2.66. The molecule has 29 heteroatoms. The zero-order chi connectivity index (χ0) is 66.2. The van der Waals surface area contributed by atoms with Crippen molar-refractivity contribution in [3.63, 3.8) is 0 Å². The van der Waals surface area contributed by atoms with Gasteiger partial charge in [-0.3, -0.25) is 24.0 Å². The number of amides is 2. The van der Waals surface area contributed by atoms with Gasteiger partial charge in [0.25, 0.3) is 11.8 Å². The molecule has 0 bridgehead atoms. The number of carbonyl (C=O) groups is 9. The molecule has 0 atom stereocenters. The molecule has 0 fully saturated rings. The molecular weight excluding hydrogens is 1230 g/mol. The summed E-state index contributed by atoms with van der Waals surface area (Å²) in [6.45, 7) is 19.9. The van der Waals surface area contributed by atoms with Gasteiger partial charge in [-0.1, -0.05) is 58.0 Å². The molecule has 0 radical (unpaired) electrons. The number of pyridine rings is 5. The van der Waals surface area contributed by atoms with Gasteiger partial charge in [0.15, 0.2) is 17.1 Å². The lowest BCUT2D eigenvalue weighted by atomic mass is 10.1. The summed E-state index contributed by atoms with van der Waals surface area (Å²) in [5.41, 5.74) is 6.00. The van der Waals surface area contributed by atoms with Crippen molar-refractivity contribution in [2.45, 2.75) is 112 Å². The fourth-order valence-electron chi connectivity index (χ4n) is 5.96. The smallest absolute Gasteiger partial charge is 0.358 e. The van der Waals surface area contributed by atoms with Gasteiger partial charge in [-0.15, -0.1) is 0 Å². The third kappa shape index (κ3) is 28.9. The maximum absolute atomic E-state index is 11.8. The summed E-state index contributed by atoms with van der Waals surface area (Å²) in [6, 6.07) is 7.15. The van der Waals surface area contributed by atoms with Crippen LogP contribution >= 0.6 is 58.0 Å². The van der Waals surface area contributed by atoms with Gasteiger partial charge >= 0.3 is 41.8 Å². The molecule has 0 saturated heterocycles. The van der Waals surface area contributed by atoms with E-state index in [1.807, 2.05) is 0 Å². The van der Waals surface area contributed by atoms with Gasteiger partial charge in [-0.25, -0.2) is 44.1 Å². The fraction of sp³-hybridized carbons (Fsp3) is 0.404. The number of nitrogens with two attached hydrogens (primary N) is 1. The first-order chi connectivity index (χ1) is 39.6. The molecular formula is C57H69Cl5N8O16. The van der Waals surface area contributed by atoms with Crippen molar-refractivity contribution < 1.29 is 77.0 Å². The van der Waals surface area contributed by atoms with Crippen LogP contribution in [-0.2, 0) is 57.3 Å². The normalized spacial score (nSPS) is 10.7. The predicted molar refractivity (Wildman–Crippen MR) is 321 cm³/mol. The van der Waals surface area contributed by atoms with Crippen molar-refractivity contribution in [1.29, 1.82) is 0 Å². The van der Waals surface area contributed by atoms with Gasteiger partial charge in [0, 0.05) is 53.0 Å². The number of carboxylic acid groups (broad SMARTS) is 2. The van der Waals surface area contributed by atoms with E-state index < -0.39 is 46.6 Å². The van der Waals surface area contributed by atoms with Crippen LogP contribution in [-0.4, -0.2) is 157 Å². The van der Waals surface area contributed by atoms with Crippen LogP contribution in [0.4, 0.5) is 5.69 Å². The Morgan fingerprint density at radius 1 is 0.442 bits per heavy atom. The molecule has 0 saturated carbocycles. The van der Waals surface area contributed by atoms with Crippen molar-refractivity contribution in [3.05, 3.63) is 137 Å². The van der Waals surface area contributed by atoms with Crippen molar-refractivity contribution in [3.8, 4) is 0 Å². The van der Waals surface area contributed by atoms with E-state index in [4.69, 9.17) is 92.9 Å². The number of carboxylic acids is 2. The molecule has 86 heavy (non-hydrogen) atoms. The Labute approximate surface area is 522 Å². The molecule has 0 aliphatic heterocycles. The summed E-state index contributed by atoms with van der Waals surface area (Å²) in [4.78, 5) is 124. The second-order valence-electron chi connectivity index (χ2n) is 20.9. The SMILES string of the molecule is CC(C)(C)OC(=O)Cc1cnc(C(=O)O)c(Cl)c1.CCOC(=O)c1ncc(C(=O)O)cc1Cl.CCOC(=O)c1ncc(CC(=O)OC(C)(C)C)cc1Cl.CN(C)C(=O)c1ncc(CC(=O)OC(C)(C)C)cc1Cl.CN(C)C(=O)c1ncc(N)cc1Cl. The minimum absolute atomic E-state index is 0.00330. The standard InChI is InChI=1S/C14H19ClN2O3.C14H18ClNO4.C12H14ClNO4.C9H8ClNO4.C8H10ClN3O/c1-14(2,3)20-11(18)7-9-6-10(15)12(16-8-9)13(19)17(4)5;1-5-19-13(18)12-10(15)6-9(8-16-12)7-11(17)20-14(2,3)4;1-12(2,3)18-9(15)5-7-4-8(13)10(11(16)17)14-6-7;1-2-15-9(14)7-6(10)3-5(4-11-7)8(12)13;1-12(2)8(13)7-6(9)3-5(10)4-11-7/h6,8H,7H2,1-5H3;6,8H,5,7H2,1-4H3;4,6H,5H2,1-3H3,(H,16,17);3-4H,2H2,1H3,(H,12,13);3-4H,10H2,1-2H3. The Kier molecular flexibility index (Phi) is 31.0. The van der Waals surface area contributed by atoms with E-state index in [-0.39, 0.29) is 115 Å². The lowest BCUT2D eigenvalue weighted by Gasteiger charge is -2.19. The van der Waals surface area contributed by atoms with Crippen LogP contribution in [0, 0.1) is 0 Å². The van der Waals surface area contributed by atoms with Crippen molar-refractivity contribution >= 4 is 117 Å². The van der Waals surface area contributed by atoms with Gasteiger partial charge in [0.2, 0.25) is 0 Å². The third-order valence-electron chi connectivity index (χ3n) is 9.31. The molecule has 0 aliphatic rings. The highest BCUT2D eigenvalue weighted by Gasteiger charge is 2.23. The molecule has 5 heterocycles. The molecule has 0 unspecified atom stereocenters. The van der Waals surface area contributed by atoms with Crippen molar-refractivity contribution in [2.75, 3.05) is 47.1 Å². The first kappa shape index (κ1) is 76.2. The Hall–Kier alpha value is -7.77. The zero-order valence-electron chi connectivity index (χ0n) is 50.0. The number of nitrogens with zero attached hydrogens (tertiary/aromatic N) is 7. The van der Waals surface area contributed by atoms with Gasteiger partial charge in [0.1, 0.15) is 28.2 Å². The van der Waals surface area contributed by atoms with Gasteiger partial charge in [0.05, 0.1) is 75.0 Å². The van der Waals surface area contributed by atoms with Gasteiger partial charge < -0.3 is 49.4 Å². The Bertz CT molecular complexity index is 3230. The number of aromatic carboxylic acids is 2. The van der Waals surface area contributed by atoms with Crippen LogP contribution in [0.15, 0.2) is 61.3 Å². The van der Waals surface area contributed by atoms with Crippen LogP contribution in [0.5, 0.6) is 0 Å². The maximum atomic E-state index is 11.8. The topological polar surface area (TPSA) is 337 Å². The van der Waals surface area contributed by atoms with E-state index in [1.165, 1.54) is 52.8 Å². The highest BCUT2D eigenvalue weighted by atomic mass is 35.5. The van der Waals surface area contributed by atoms with E-state index in [0.717, 1.165) is 12.3 Å². The molecule has 0 aliphatic carbocycles. The predicted octanol–water partition coefficient (Wildman–Crippen LogP) is 10.1. The summed E-state index contributed by atoms with van der Waals surface area (Å²) < 4.78 is 25.0. The zero-order valence-corrected chi connectivity index (χ0v) is 53.8. The quantitative estimate of drug-likeness (QED) is 0.0687. The minimum Gasteiger partial charge on any atom is -0.478 e. The second kappa shape index (κ2) is 35.0. The number of aromatic nitrogens is 5. The lowest BCUT2D eigenvalue weighted by Crippen LogP contribution is -2.25. The van der Waals surface area contributed by atoms with Crippen LogP contribution < -0.4 is 5.73 Å². The van der Waals surface area contributed by atoms with Crippen LogP contribution in [0.3, 0.4) is 0 Å². The first-order valence-electron chi connectivity index (χ1n) is 25.5. The van der Waals surface area contributed by atoms with E-state index in [0.29, 0.717) is 22.4 Å². The highest BCUT2D eigenvalue weighted by molar-refractivity contribution is 6.35. The monoisotopic (exact) mass is 1300 g/mol. The lowest BCUT2D eigenvalue weighted by molar-refractivity contribution is -0.155. The maximum Gasteiger partial charge on any atom is 0.358 e. The molecule has 24 nitrogen and oxygen atoms in total. The number of carbonyl (C=O) groups excluding carboxylic acids is 7. The van der Waals surface area contributed by atoms with Crippen molar-refractivity contribution in [2.24, 2.45) is 0 Å². The van der Waals surface area contributed by atoms with E-state index in [1.54, 1.807) is 110 Å². The largest absolute Gasteiger partial charge is 0.478 e. The molecule has 5 rings (SSSR count). The number of nitrogen functional groups attached to an aromatic ring is 1. The second-order valence-corrected chi connectivity index (χ2v) is 23.0. The third-order valence-corrected chi connectivity index (χ3v) is 10.7. The van der Waals surface area contributed by atoms with E-state index in [2.05, 4.69) is 29.7 Å². The summed E-state index contributed by atoms with van der Waals surface area (Å²) >= 11 is 29.2. The van der Waals surface area contributed by atoms with Gasteiger partial charge in [-0.05, 0) is 123 Å². The molecule has 2 amide bonds. The number of halogens is 5. The molecule has 5 aromatic rings. The molecule has 5 aromatic heterocycles. The number of esters is 5. The Morgan fingerprint density at radius 2 is 0.733 bits per heavy atom. The number of hydrogen-bond acceptors (Lipinski definition) is 20. The number of ether oxygens (including phenoxy) is 5. The first-order valence-corrected chi connectivity index (χ1v) is 27.4. The van der Waals surface area contributed by atoms with Gasteiger partial charge in [-0.2, -0.15) is 0 Å². The Balaban J connectivity index is 0.000000542.